The number of hydrogen-bond donors (Lipinski definition) is 1. The van der Waals surface area contributed by atoms with Crippen LogP contribution in [0.15, 0.2) is 54.6 Å². The zero-order valence-corrected chi connectivity index (χ0v) is 24.1. The molecule has 0 saturated carbocycles. The number of carboxylic acids is 1. The van der Waals surface area contributed by atoms with Crippen molar-refractivity contribution in [2.45, 2.75) is 46.1 Å². The third-order valence-electron chi connectivity index (χ3n) is 8.15. The van der Waals surface area contributed by atoms with Crippen LogP contribution in [-0.2, 0) is 24.4 Å². The van der Waals surface area contributed by atoms with Gasteiger partial charge in [-0.1, -0.05) is 25.1 Å². The van der Waals surface area contributed by atoms with Crippen LogP contribution in [0.3, 0.4) is 0 Å². The summed E-state index contributed by atoms with van der Waals surface area (Å²) in [4.78, 5) is 23.6. The van der Waals surface area contributed by atoms with Crippen LogP contribution in [0.25, 0.3) is 16.6 Å². The predicted octanol–water partition coefficient (Wildman–Crippen LogP) is 5.35. The fraction of sp³-hybridized carbons (Fsp3) is 0.333. The standard InChI is InChI=1S/C33H32FN5O4/c1-20-3-8-31(43-19-24-5-4-22(15-35)13-27(24)34)37-32(20)26-9-11-38(16-21(26)2)18-30-36-28-7-6-23(33(40)41)14-29(28)39(30)17-25-10-12-42-25/h3-9,13-14,21,25H,10-12,16-19H2,1-2H3,(H,40,41)/t21?,25-/m0/s1. The maximum Gasteiger partial charge on any atom is 0.335 e. The molecule has 4 heterocycles. The van der Waals surface area contributed by atoms with Crippen LogP contribution in [0.5, 0.6) is 5.88 Å². The second kappa shape index (κ2) is 12.0. The second-order valence-electron chi connectivity index (χ2n) is 11.2. The van der Waals surface area contributed by atoms with Crippen LogP contribution in [0, 0.1) is 30.0 Å². The number of halogens is 1. The van der Waals surface area contributed by atoms with Crippen molar-refractivity contribution in [2.75, 3.05) is 19.7 Å². The van der Waals surface area contributed by atoms with E-state index in [0.717, 1.165) is 53.3 Å². The Kier molecular flexibility index (Phi) is 7.93. The number of aryl methyl sites for hydroxylation is 1. The van der Waals surface area contributed by atoms with E-state index in [-0.39, 0.29) is 29.8 Å². The first kappa shape index (κ1) is 28.5. The summed E-state index contributed by atoms with van der Waals surface area (Å²) >= 11 is 0. The maximum atomic E-state index is 14.3. The molecule has 2 aliphatic rings. The third-order valence-corrected chi connectivity index (χ3v) is 8.15. The van der Waals surface area contributed by atoms with E-state index in [2.05, 4.69) is 22.5 Å². The highest BCUT2D eigenvalue weighted by atomic mass is 19.1. The Hall–Kier alpha value is -4.59. The summed E-state index contributed by atoms with van der Waals surface area (Å²) in [6.45, 7) is 7.69. The van der Waals surface area contributed by atoms with Gasteiger partial charge in [0, 0.05) is 31.3 Å². The zero-order chi connectivity index (χ0) is 30.1. The monoisotopic (exact) mass is 581 g/mol. The molecule has 9 nitrogen and oxygen atoms in total. The first-order valence-corrected chi connectivity index (χ1v) is 14.3. The Bertz CT molecular complexity index is 1770. The summed E-state index contributed by atoms with van der Waals surface area (Å²) < 4.78 is 28.0. The van der Waals surface area contributed by atoms with Gasteiger partial charge in [-0.15, -0.1) is 0 Å². The van der Waals surface area contributed by atoms with E-state index in [9.17, 15) is 14.3 Å². The molecule has 0 radical (unpaired) electrons. The highest BCUT2D eigenvalue weighted by Gasteiger charge is 2.26. The molecule has 1 saturated heterocycles. The van der Waals surface area contributed by atoms with E-state index < -0.39 is 11.8 Å². The van der Waals surface area contributed by atoms with E-state index in [4.69, 9.17) is 24.7 Å². The SMILES string of the molecule is Cc1ccc(OCc2ccc(C#N)cc2F)nc1C1=CCN(Cc2nc3ccc(C(=O)O)cc3n2C[C@@H]2CCO2)CC1C. The van der Waals surface area contributed by atoms with Crippen LogP contribution < -0.4 is 4.74 Å². The Morgan fingerprint density at radius 1 is 1.21 bits per heavy atom. The summed E-state index contributed by atoms with van der Waals surface area (Å²) in [6.07, 6.45) is 3.27. The number of ether oxygens (including phenoxy) is 2. The lowest BCUT2D eigenvalue weighted by Gasteiger charge is -2.32. The van der Waals surface area contributed by atoms with Crippen LogP contribution in [-0.4, -0.2) is 56.3 Å². The number of fused-ring (bicyclic) bond motifs is 1. The highest BCUT2D eigenvalue weighted by molar-refractivity contribution is 5.92. The molecule has 0 spiro atoms. The molecule has 6 rings (SSSR count). The summed E-state index contributed by atoms with van der Waals surface area (Å²) in [5.41, 5.74) is 5.47. The van der Waals surface area contributed by atoms with Gasteiger partial charge >= 0.3 is 5.97 Å². The molecular weight excluding hydrogens is 549 g/mol. The molecule has 2 aromatic carbocycles. The fourth-order valence-electron chi connectivity index (χ4n) is 5.68. The van der Waals surface area contributed by atoms with Crippen LogP contribution in [0.2, 0.25) is 0 Å². The van der Waals surface area contributed by atoms with E-state index in [1.807, 2.05) is 19.1 Å². The number of nitriles is 1. The van der Waals surface area contributed by atoms with E-state index in [0.29, 0.717) is 31.1 Å². The molecule has 220 valence electrons. The average molecular weight is 582 g/mol. The fourth-order valence-corrected chi connectivity index (χ4v) is 5.68. The van der Waals surface area contributed by atoms with Gasteiger partial charge in [0.1, 0.15) is 18.2 Å². The first-order chi connectivity index (χ1) is 20.8. The molecular formula is C33H32FN5O4. The average Bonchev–Trinajstić information content (AvgIpc) is 3.31. The number of carboxylic acid groups (broad SMARTS) is 1. The van der Waals surface area contributed by atoms with Gasteiger partial charge in [-0.2, -0.15) is 5.26 Å². The Morgan fingerprint density at radius 3 is 2.74 bits per heavy atom. The highest BCUT2D eigenvalue weighted by Crippen LogP contribution is 2.31. The van der Waals surface area contributed by atoms with Gasteiger partial charge in [0.25, 0.3) is 0 Å². The molecule has 0 bridgehead atoms. The van der Waals surface area contributed by atoms with Crippen LogP contribution >= 0.6 is 0 Å². The molecule has 4 aromatic rings. The normalized spacial score (nSPS) is 18.6. The molecule has 0 amide bonds. The number of pyridine rings is 1. The summed E-state index contributed by atoms with van der Waals surface area (Å²) in [5, 5.41) is 18.5. The predicted molar refractivity (Wildman–Crippen MR) is 158 cm³/mol. The first-order valence-electron chi connectivity index (χ1n) is 14.3. The number of benzene rings is 2. The Labute approximate surface area is 248 Å². The minimum absolute atomic E-state index is 0.0102. The van der Waals surface area contributed by atoms with Crippen LogP contribution in [0.4, 0.5) is 4.39 Å². The molecule has 1 unspecified atom stereocenters. The van der Waals surface area contributed by atoms with Crippen LogP contribution in [0.1, 0.15) is 51.9 Å². The smallest absolute Gasteiger partial charge is 0.335 e. The number of aromatic carboxylic acids is 1. The van der Waals surface area contributed by atoms with Gasteiger partial charge in [0.2, 0.25) is 5.88 Å². The molecule has 0 aliphatic carbocycles. The zero-order valence-electron chi connectivity index (χ0n) is 24.1. The van der Waals surface area contributed by atoms with Gasteiger partial charge < -0.3 is 19.1 Å². The van der Waals surface area contributed by atoms with Crippen molar-refractivity contribution in [2.24, 2.45) is 5.92 Å². The van der Waals surface area contributed by atoms with Gasteiger partial charge in [-0.05, 0) is 60.7 Å². The minimum Gasteiger partial charge on any atom is -0.478 e. The largest absolute Gasteiger partial charge is 0.478 e. The van der Waals surface area contributed by atoms with Gasteiger partial charge in [-0.3, -0.25) is 4.90 Å². The molecule has 2 atom stereocenters. The number of hydrogen-bond acceptors (Lipinski definition) is 7. The van der Waals surface area contributed by atoms with Crippen molar-refractivity contribution in [3.8, 4) is 11.9 Å². The quantitative estimate of drug-likeness (QED) is 0.281. The summed E-state index contributed by atoms with van der Waals surface area (Å²) in [7, 11) is 0. The molecule has 2 aliphatic heterocycles. The lowest BCUT2D eigenvalue weighted by molar-refractivity contribution is -0.0592. The molecule has 43 heavy (non-hydrogen) atoms. The number of carbonyl (C=O) groups is 1. The number of nitrogens with zero attached hydrogens (tertiary/aromatic N) is 5. The van der Waals surface area contributed by atoms with Crippen molar-refractivity contribution in [3.05, 3.63) is 94.2 Å². The molecule has 10 heteroatoms. The topological polar surface area (TPSA) is 114 Å². The molecule has 1 N–H and O–H groups in total. The Balaban J connectivity index is 1.19. The Morgan fingerprint density at radius 2 is 2.05 bits per heavy atom. The van der Waals surface area contributed by atoms with Crippen molar-refractivity contribution >= 4 is 22.6 Å². The van der Waals surface area contributed by atoms with E-state index in [1.165, 1.54) is 6.07 Å². The van der Waals surface area contributed by atoms with E-state index in [1.54, 1.807) is 36.4 Å². The molecule has 2 aromatic heterocycles. The lowest BCUT2D eigenvalue weighted by Crippen LogP contribution is -2.35. The van der Waals surface area contributed by atoms with Gasteiger partial charge in [-0.25, -0.2) is 19.2 Å². The van der Waals surface area contributed by atoms with E-state index >= 15 is 0 Å². The lowest BCUT2D eigenvalue weighted by atomic mass is 9.91. The summed E-state index contributed by atoms with van der Waals surface area (Å²) in [6, 6.07) is 15.1. The van der Waals surface area contributed by atoms with Crippen molar-refractivity contribution in [1.29, 1.82) is 5.26 Å². The minimum atomic E-state index is -0.960. The van der Waals surface area contributed by atoms with Crippen molar-refractivity contribution in [3.63, 3.8) is 0 Å². The number of imidazole rings is 1. The van der Waals surface area contributed by atoms with Crippen molar-refractivity contribution in [1.82, 2.24) is 19.4 Å². The summed E-state index contributed by atoms with van der Waals surface area (Å²) in [5.74, 6) is 0.0338. The van der Waals surface area contributed by atoms with Gasteiger partial charge in [0.05, 0.1) is 53.1 Å². The number of rotatable bonds is 9. The maximum absolute atomic E-state index is 14.3. The number of aromatic nitrogens is 3. The second-order valence-corrected chi connectivity index (χ2v) is 11.2. The van der Waals surface area contributed by atoms with Gasteiger partial charge in [0.15, 0.2) is 0 Å². The van der Waals surface area contributed by atoms with Crippen molar-refractivity contribution < 1.29 is 23.8 Å². The third kappa shape index (κ3) is 6.00. The molecule has 1 fully saturated rings.